The Labute approximate surface area is 211 Å². The molecule has 0 spiro atoms. The van der Waals surface area contributed by atoms with Gasteiger partial charge < -0.3 is 9.15 Å². The number of hydrogen-bond acceptors (Lipinski definition) is 6. The molecule has 2 heterocycles. The van der Waals surface area contributed by atoms with Gasteiger partial charge in [0.2, 0.25) is 0 Å². The predicted molar refractivity (Wildman–Crippen MR) is 139 cm³/mol. The van der Waals surface area contributed by atoms with Gasteiger partial charge in [0.1, 0.15) is 23.1 Å². The number of benzene rings is 3. The van der Waals surface area contributed by atoms with Crippen molar-refractivity contribution in [2.75, 3.05) is 0 Å². The van der Waals surface area contributed by atoms with Crippen molar-refractivity contribution >= 4 is 35.1 Å². The van der Waals surface area contributed by atoms with Crippen molar-refractivity contribution in [2.45, 2.75) is 6.54 Å². The number of carbonyl (C=O) groups excluding carboxylic acids is 1. The maximum Gasteiger partial charge on any atom is 0.267 e. The molecule has 0 aliphatic carbocycles. The number of rotatable bonds is 7. The van der Waals surface area contributed by atoms with Gasteiger partial charge in [-0.15, -0.1) is 5.10 Å². The Bertz CT molecular complexity index is 1450. The number of amides is 1. The molecule has 8 heteroatoms. The number of para-hydroxylation sites is 1. The average molecular weight is 498 g/mol. The summed E-state index contributed by atoms with van der Waals surface area (Å²) in [6.45, 7) is 0.183. The zero-order valence-corrected chi connectivity index (χ0v) is 19.8. The van der Waals surface area contributed by atoms with Crippen LogP contribution in [0.5, 0.6) is 11.5 Å². The molecule has 1 aromatic heterocycles. The second-order valence-corrected chi connectivity index (χ2v) is 8.73. The molecule has 6 nitrogen and oxygen atoms in total. The molecule has 0 unspecified atom stereocenters. The minimum Gasteiger partial charge on any atom is -0.467 e. The largest absolute Gasteiger partial charge is 0.467 e. The van der Waals surface area contributed by atoms with E-state index in [0.717, 1.165) is 23.1 Å². The van der Waals surface area contributed by atoms with Gasteiger partial charge in [-0.2, -0.15) is 5.10 Å². The van der Waals surface area contributed by atoms with Crippen LogP contribution < -0.4 is 4.74 Å². The highest BCUT2D eigenvalue weighted by Gasteiger charge is 2.34. The number of amidine groups is 1. The van der Waals surface area contributed by atoms with Crippen molar-refractivity contribution in [2.24, 2.45) is 10.2 Å². The van der Waals surface area contributed by atoms with Gasteiger partial charge in [0.15, 0.2) is 5.17 Å². The van der Waals surface area contributed by atoms with Crippen molar-refractivity contribution in [1.82, 2.24) is 4.90 Å². The molecule has 1 fully saturated rings. The van der Waals surface area contributed by atoms with Crippen molar-refractivity contribution < 1.29 is 18.3 Å². The molecule has 0 radical (unpaired) electrons. The zero-order valence-electron chi connectivity index (χ0n) is 19.0. The Hall–Kier alpha value is -4.43. The van der Waals surface area contributed by atoms with Gasteiger partial charge in [0, 0.05) is 5.56 Å². The summed E-state index contributed by atoms with van der Waals surface area (Å²) in [5, 5.41) is 8.87. The van der Waals surface area contributed by atoms with E-state index in [1.165, 1.54) is 17.0 Å². The molecule has 0 saturated carbocycles. The van der Waals surface area contributed by atoms with Gasteiger partial charge in [-0.3, -0.25) is 9.69 Å². The smallest absolute Gasteiger partial charge is 0.267 e. The molecule has 178 valence electrons. The van der Waals surface area contributed by atoms with E-state index >= 15 is 0 Å². The number of carbonyl (C=O) groups is 1. The Morgan fingerprint density at radius 1 is 0.944 bits per heavy atom. The third-order valence-electron chi connectivity index (χ3n) is 5.16. The van der Waals surface area contributed by atoms with Crippen LogP contribution in [0.2, 0.25) is 0 Å². The summed E-state index contributed by atoms with van der Waals surface area (Å²) in [5.74, 6) is 1.29. The fraction of sp³-hybridized carbons (Fsp3) is 0.0357. The molecule has 0 N–H and O–H groups in total. The standard InChI is InChI=1S/C28H20FN3O3S/c29-25-14-5-4-9-21(25)17-26-27(33)32(19-24-13-7-15-34-24)28(36-26)31-30-18-20-8-6-12-23(16-20)35-22-10-2-1-3-11-22/h1-18H,19H2/b26-17-,30-18-,31-28+. The summed E-state index contributed by atoms with van der Waals surface area (Å²) in [6.07, 6.45) is 4.65. The van der Waals surface area contributed by atoms with Crippen LogP contribution in [0.15, 0.2) is 117 Å². The quantitative estimate of drug-likeness (QED) is 0.162. The van der Waals surface area contributed by atoms with Crippen LogP contribution in [0.3, 0.4) is 0 Å². The lowest BCUT2D eigenvalue weighted by Crippen LogP contribution is -2.28. The van der Waals surface area contributed by atoms with Gasteiger partial charge in [0.05, 0.1) is 23.9 Å². The number of furan rings is 1. The molecular formula is C28H20FN3O3S. The second-order valence-electron chi connectivity index (χ2n) is 7.72. The van der Waals surface area contributed by atoms with Crippen molar-refractivity contribution in [3.63, 3.8) is 0 Å². The molecule has 0 atom stereocenters. The van der Waals surface area contributed by atoms with Crippen molar-refractivity contribution in [3.8, 4) is 11.5 Å². The summed E-state index contributed by atoms with van der Waals surface area (Å²) < 4.78 is 25.4. The van der Waals surface area contributed by atoms with E-state index in [0.29, 0.717) is 27.1 Å². The summed E-state index contributed by atoms with van der Waals surface area (Å²) in [5.41, 5.74) is 1.10. The topological polar surface area (TPSA) is 67.4 Å². The first-order valence-electron chi connectivity index (χ1n) is 11.1. The average Bonchev–Trinajstić information content (AvgIpc) is 3.51. The molecule has 36 heavy (non-hydrogen) atoms. The Morgan fingerprint density at radius 2 is 1.75 bits per heavy atom. The lowest BCUT2D eigenvalue weighted by Gasteiger charge is -2.12. The first kappa shape index (κ1) is 23.3. The zero-order chi connectivity index (χ0) is 24.7. The number of halogens is 1. The maximum atomic E-state index is 14.2. The minimum absolute atomic E-state index is 0.183. The highest BCUT2D eigenvalue weighted by molar-refractivity contribution is 8.18. The summed E-state index contributed by atoms with van der Waals surface area (Å²) >= 11 is 1.13. The van der Waals surface area contributed by atoms with Crippen molar-refractivity contribution in [1.29, 1.82) is 0 Å². The molecule has 0 bridgehead atoms. The van der Waals surface area contributed by atoms with Gasteiger partial charge in [-0.25, -0.2) is 4.39 Å². The van der Waals surface area contributed by atoms with Crippen LogP contribution in [0.25, 0.3) is 6.08 Å². The Kier molecular flexibility index (Phi) is 7.05. The van der Waals surface area contributed by atoms with E-state index in [9.17, 15) is 9.18 Å². The number of thioether (sulfide) groups is 1. The SMILES string of the molecule is O=C1/C(=C/c2ccccc2F)S/C(=N/N=C\c2cccc(Oc3ccccc3)c2)N1Cc1ccco1. The molecule has 1 aliphatic heterocycles. The van der Waals surface area contributed by atoms with E-state index in [4.69, 9.17) is 9.15 Å². The third kappa shape index (κ3) is 5.61. The molecular weight excluding hydrogens is 477 g/mol. The Balaban J connectivity index is 1.38. The van der Waals surface area contributed by atoms with E-state index in [1.807, 2.05) is 54.6 Å². The third-order valence-corrected chi connectivity index (χ3v) is 6.16. The summed E-state index contributed by atoms with van der Waals surface area (Å²) in [4.78, 5) is 14.9. The number of ether oxygens (including phenoxy) is 1. The van der Waals surface area contributed by atoms with Gasteiger partial charge in [-0.05, 0) is 65.9 Å². The number of hydrogen-bond donors (Lipinski definition) is 0. The minimum atomic E-state index is -0.406. The van der Waals surface area contributed by atoms with E-state index < -0.39 is 5.82 Å². The number of nitrogens with zero attached hydrogens (tertiary/aromatic N) is 3. The van der Waals surface area contributed by atoms with Crippen LogP contribution in [0, 0.1) is 5.82 Å². The van der Waals surface area contributed by atoms with Crippen LogP contribution in [-0.2, 0) is 11.3 Å². The molecule has 3 aromatic carbocycles. The normalized spacial score (nSPS) is 15.9. The summed E-state index contributed by atoms with van der Waals surface area (Å²) in [7, 11) is 0. The van der Waals surface area contributed by atoms with Gasteiger partial charge in [0.25, 0.3) is 5.91 Å². The van der Waals surface area contributed by atoms with Crippen LogP contribution >= 0.6 is 11.8 Å². The van der Waals surface area contributed by atoms with E-state index in [2.05, 4.69) is 10.2 Å². The fourth-order valence-electron chi connectivity index (χ4n) is 3.44. The molecule has 4 aromatic rings. The highest BCUT2D eigenvalue weighted by atomic mass is 32.2. The van der Waals surface area contributed by atoms with Crippen LogP contribution in [0.4, 0.5) is 4.39 Å². The highest BCUT2D eigenvalue weighted by Crippen LogP contribution is 2.34. The van der Waals surface area contributed by atoms with Crippen molar-refractivity contribution in [3.05, 3.63) is 125 Å². The summed E-state index contributed by atoms with van der Waals surface area (Å²) in [6, 6.07) is 26.7. The lowest BCUT2D eigenvalue weighted by molar-refractivity contribution is -0.122. The first-order valence-corrected chi connectivity index (χ1v) is 11.9. The monoisotopic (exact) mass is 497 g/mol. The van der Waals surface area contributed by atoms with Crippen LogP contribution in [0.1, 0.15) is 16.9 Å². The molecule has 1 amide bonds. The Morgan fingerprint density at radius 3 is 2.56 bits per heavy atom. The van der Waals surface area contributed by atoms with Gasteiger partial charge in [-0.1, -0.05) is 48.5 Å². The van der Waals surface area contributed by atoms with Gasteiger partial charge >= 0.3 is 0 Å². The molecule has 1 aliphatic rings. The van der Waals surface area contributed by atoms with E-state index in [1.54, 1.807) is 42.8 Å². The molecule has 1 saturated heterocycles. The van der Waals surface area contributed by atoms with E-state index in [-0.39, 0.29) is 12.5 Å². The maximum absolute atomic E-state index is 14.2. The lowest BCUT2D eigenvalue weighted by atomic mass is 10.2. The van der Waals surface area contributed by atoms with Crippen LogP contribution in [-0.4, -0.2) is 22.2 Å². The first-order chi connectivity index (χ1) is 17.7. The molecule has 5 rings (SSSR count). The predicted octanol–water partition coefficient (Wildman–Crippen LogP) is 6.72. The second kappa shape index (κ2) is 10.9. The fourth-order valence-corrected chi connectivity index (χ4v) is 4.37.